The molecule has 4 nitrogen and oxygen atoms in total. The van der Waals surface area contributed by atoms with Crippen molar-refractivity contribution < 1.29 is 9.53 Å². The van der Waals surface area contributed by atoms with Crippen LogP contribution in [-0.4, -0.2) is 34.4 Å². The number of carbonyl (C=O) groups excluding carboxylic acids is 1. The van der Waals surface area contributed by atoms with E-state index in [1.54, 1.807) is 40.9 Å². The summed E-state index contributed by atoms with van der Waals surface area (Å²) in [6.07, 6.45) is 0. The fourth-order valence-electron chi connectivity index (χ4n) is 2.32. The van der Waals surface area contributed by atoms with Crippen molar-refractivity contribution in [1.82, 2.24) is 4.90 Å². The number of nitrogens with zero attached hydrogens (tertiary/aromatic N) is 2. The molecule has 0 N–H and O–H groups in total. The highest BCUT2D eigenvalue weighted by molar-refractivity contribution is 8.14. The van der Waals surface area contributed by atoms with E-state index in [4.69, 9.17) is 27.9 Å². The van der Waals surface area contributed by atoms with Gasteiger partial charge in [-0.3, -0.25) is 9.69 Å². The number of benzene rings is 2. The summed E-state index contributed by atoms with van der Waals surface area (Å²) in [5.41, 5.74) is 0.755. The summed E-state index contributed by atoms with van der Waals surface area (Å²) < 4.78 is 5.56. The van der Waals surface area contributed by atoms with Gasteiger partial charge in [-0.05, 0) is 36.4 Å². The minimum Gasteiger partial charge on any atom is -0.482 e. The topological polar surface area (TPSA) is 41.9 Å². The van der Waals surface area contributed by atoms with Gasteiger partial charge in [0.15, 0.2) is 11.8 Å². The maximum atomic E-state index is 12.6. The number of amidine groups is 1. The maximum Gasteiger partial charge on any atom is 0.266 e. The second kappa shape index (κ2) is 8.13. The van der Waals surface area contributed by atoms with Crippen LogP contribution >= 0.6 is 35.0 Å². The van der Waals surface area contributed by atoms with Gasteiger partial charge in [-0.25, -0.2) is 4.99 Å². The lowest BCUT2D eigenvalue weighted by atomic mass is 10.3. The highest BCUT2D eigenvalue weighted by Crippen LogP contribution is 2.29. The molecule has 7 heteroatoms. The van der Waals surface area contributed by atoms with Gasteiger partial charge < -0.3 is 4.74 Å². The van der Waals surface area contributed by atoms with Gasteiger partial charge in [0.05, 0.1) is 10.7 Å². The fraction of sp³-hybridized carbons (Fsp3) is 0.222. The molecule has 1 heterocycles. The molecule has 0 aromatic heterocycles. The Morgan fingerprint density at radius 1 is 1.24 bits per heavy atom. The summed E-state index contributed by atoms with van der Waals surface area (Å²) >= 11 is 13.5. The lowest BCUT2D eigenvalue weighted by molar-refractivity contribution is -0.129. The fourth-order valence-corrected chi connectivity index (χ4v) is 3.68. The van der Waals surface area contributed by atoms with E-state index >= 15 is 0 Å². The molecule has 2 aromatic carbocycles. The molecule has 130 valence electrons. The molecule has 0 radical (unpaired) electrons. The Hall–Kier alpha value is -1.69. The van der Waals surface area contributed by atoms with E-state index < -0.39 is 0 Å². The van der Waals surface area contributed by atoms with E-state index in [9.17, 15) is 4.79 Å². The molecule has 1 amide bonds. The zero-order chi connectivity index (χ0) is 17.8. The summed E-state index contributed by atoms with van der Waals surface area (Å²) in [6, 6.07) is 14.3. The van der Waals surface area contributed by atoms with Crippen LogP contribution in [0.1, 0.15) is 6.92 Å². The molecule has 0 bridgehead atoms. The van der Waals surface area contributed by atoms with Gasteiger partial charge in [0.2, 0.25) is 0 Å². The summed E-state index contributed by atoms with van der Waals surface area (Å²) in [5, 5.41) is 2.07. The number of amides is 1. The number of hydrogen-bond acceptors (Lipinski definition) is 4. The van der Waals surface area contributed by atoms with Crippen molar-refractivity contribution in [2.24, 2.45) is 4.99 Å². The molecule has 0 aliphatic carbocycles. The number of para-hydroxylation sites is 1. The van der Waals surface area contributed by atoms with Crippen molar-refractivity contribution in [2.45, 2.75) is 12.2 Å². The SMILES string of the molecule is C[C@H]1CN(C(=O)COc2ccccc2Cl)C(=Nc2ccc(Cl)cc2)S1. The molecule has 1 fully saturated rings. The van der Waals surface area contributed by atoms with Crippen LogP contribution in [0, 0.1) is 0 Å². The van der Waals surface area contributed by atoms with Crippen LogP contribution in [0.25, 0.3) is 0 Å². The van der Waals surface area contributed by atoms with Gasteiger partial charge in [-0.2, -0.15) is 0 Å². The van der Waals surface area contributed by atoms with Crippen molar-refractivity contribution in [3.63, 3.8) is 0 Å². The number of carbonyl (C=O) groups is 1. The molecule has 0 saturated carbocycles. The van der Waals surface area contributed by atoms with Crippen molar-refractivity contribution in [3.8, 4) is 5.75 Å². The largest absolute Gasteiger partial charge is 0.482 e. The quantitative estimate of drug-likeness (QED) is 0.730. The predicted octanol–water partition coefficient (Wildman–Crippen LogP) is 5.02. The van der Waals surface area contributed by atoms with Crippen molar-refractivity contribution in [3.05, 3.63) is 58.6 Å². The van der Waals surface area contributed by atoms with Crippen LogP contribution in [0.15, 0.2) is 53.5 Å². The lowest BCUT2D eigenvalue weighted by Gasteiger charge is -2.16. The van der Waals surface area contributed by atoms with Gasteiger partial charge in [0, 0.05) is 16.8 Å². The third-order valence-corrected chi connectivity index (χ3v) is 5.16. The van der Waals surface area contributed by atoms with Crippen molar-refractivity contribution in [2.75, 3.05) is 13.2 Å². The third kappa shape index (κ3) is 4.69. The monoisotopic (exact) mass is 394 g/mol. The molecule has 25 heavy (non-hydrogen) atoms. The van der Waals surface area contributed by atoms with Crippen LogP contribution in [0.3, 0.4) is 0 Å². The third-order valence-electron chi connectivity index (χ3n) is 3.52. The molecular weight excluding hydrogens is 379 g/mol. The van der Waals surface area contributed by atoms with Crippen LogP contribution in [-0.2, 0) is 4.79 Å². The molecule has 1 aliphatic heterocycles. The molecule has 1 saturated heterocycles. The zero-order valence-electron chi connectivity index (χ0n) is 13.5. The van der Waals surface area contributed by atoms with Crippen LogP contribution in [0.5, 0.6) is 5.75 Å². The van der Waals surface area contributed by atoms with E-state index in [1.165, 1.54) is 0 Å². The molecule has 3 rings (SSSR count). The van der Waals surface area contributed by atoms with Gasteiger partial charge in [-0.1, -0.05) is 54.0 Å². The molecular formula is C18H16Cl2N2O2S. The van der Waals surface area contributed by atoms with Crippen LogP contribution in [0.2, 0.25) is 10.0 Å². The molecule has 1 atom stereocenters. The Balaban J connectivity index is 1.71. The minimum atomic E-state index is -0.149. The summed E-state index contributed by atoms with van der Waals surface area (Å²) in [5.74, 6) is 0.345. The molecule has 2 aromatic rings. The van der Waals surface area contributed by atoms with E-state index in [0.717, 1.165) is 5.69 Å². The highest BCUT2D eigenvalue weighted by atomic mass is 35.5. The van der Waals surface area contributed by atoms with E-state index in [1.807, 2.05) is 24.3 Å². The smallest absolute Gasteiger partial charge is 0.266 e. The number of halogens is 2. The number of thioether (sulfide) groups is 1. The Labute approximate surface area is 160 Å². The average molecular weight is 395 g/mol. The second-order valence-electron chi connectivity index (χ2n) is 5.52. The van der Waals surface area contributed by atoms with Crippen LogP contribution in [0.4, 0.5) is 5.69 Å². The Bertz CT molecular complexity index is 796. The first kappa shape index (κ1) is 18.1. The maximum absolute atomic E-state index is 12.6. The molecule has 0 spiro atoms. The highest BCUT2D eigenvalue weighted by Gasteiger charge is 2.31. The Morgan fingerprint density at radius 3 is 2.68 bits per heavy atom. The standard InChI is InChI=1S/C18H16Cl2N2O2S/c1-12-10-22(17(23)11-24-16-5-3-2-4-15(16)20)18(25-12)21-14-8-6-13(19)7-9-14/h2-9,12H,10-11H2,1H3/t12-/m0/s1. The first-order chi connectivity index (χ1) is 12.0. The summed E-state index contributed by atoms with van der Waals surface area (Å²) in [6.45, 7) is 2.57. The Kier molecular flexibility index (Phi) is 5.89. The van der Waals surface area contributed by atoms with E-state index in [-0.39, 0.29) is 17.8 Å². The minimum absolute atomic E-state index is 0.0867. The number of aliphatic imine (C=N–C) groups is 1. The van der Waals surface area contributed by atoms with E-state index in [2.05, 4.69) is 11.9 Å². The first-order valence-corrected chi connectivity index (χ1v) is 9.35. The van der Waals surface area contributed by atoms with Gasteiger partial charge in [0.1, 0.15) is 5.75 Å². The number of hydrogen-bond donors (Lipinski definition) is 0. The van der Waals surface area contributed by atoms with E-state index in [0.29, 0.717) is 27.5 Å². The summed E-state index contributed by atoms with van der Waals surface area (Å²) in [4.78, 5) is 18.8. The lowest BCUT2D eigenvalue weighted by Crippen LogP contribution is -2.36. The number of ether oxygens (including phenoxy) is 1. The average Bonchev–Trinajstić information content (AvgIpc) is 2.96. The first-order valence-electron chi connectivity index (χ1n) is 7.71. The van der Waals surface area contributed by atoms with Gasteiger partial charge >= 0.3 is 0 Å². The molecule has 1 aliphatic rings. The van der Waals surface area contributed by atoms with Crippen LogP contribution < -0.4 is 4.74 Å². The zero-order valence-corrected chi connectivity index (χ0v) is 15.8. The van der Waals surface area contributed by atoms with Crippen molar-refractivity contribution >= 4 is 51.7 Å². The Morgan fingerprint density at radius 2 is 1.96 bits per heavy atom. The predicted molar refractivity (Wildman–Crippen MR) is 104 cm³/mol. The second-order valence-corrected chi connectivity index (χ2v) is 7.77. The van der Waals surface area contributed by atoms with Gasteiger partial charge in [-0.15, -0.1) is 0 Å². The van der Waals surface area contributed by atoms with Crippen molar-refractivity contribution in [1.29, 1.82) is 0 Å². The number of rotatable bonds is 4. The molecule has 0 unspecified atom stereocenters. The van der Waals surface area contributed by atoms with Gasteiger partial charge in [0.25, 0.3) is 5.91 Å². The summed E-state index contributed by atoms with van der Waals surface area (Å²) in [7, 11) is 0. The normalized spacial score (nSPS) is 18.6.